The Labute approximate surface area is 567 Å². The van der Waals surface area contributed by atoms with E-state index >= 15 is 4.79 Å². The predicted molar refractivity (Wildman–Crippen MR) is 374 cm³/mol. The first kappa shape index (κ1) is 81.0. The third-order valence-corrected chi connectivity index (χ3v) is 26.3. The molecule has 2 aromatic carbocycles. The Morgan fingerprint density at radius 2 is 1.20 bits per heavy atom. The van der Waals surface area contributed by atoms with Crippen molar-refractivity contribution in [2.45, 2.75) is 330 Å². The van der Waals surface area contributed by atoms with Gasteiger partial charge in [0.15, 0.2) is 20.9 Å². The number of ether oxygens (including phenoxy) is 6. The van der Waals surface area contributed by atoms with Gasteiger partial charge in [0, 0.05) is 23.2 Å². The van der Waals surface area contributed by atoms with Gasteiger partial charge in [-0.25, -0.2) is 4.57 Å². The molecule has 18 nitrogen and oxygen atoms in total. The van der Waals surface area contributed by atoms with E-state index in [1.54, 1.807) is 0 Å². The van der Waals surface area contributed by atoms with Crippen LogP contribution in [0, 0.1) is 35.5 Å². The number of hydrogen-bond acceptors (Lipinski definition) is 15. The fourth-order valence-corrected chi connectivity index (χ4v) is 15.1. The van der Waals surface area contributed by atoms with Crippen LogP contribution in [0.4, 0.5) is 0 Å². The van der Waals surface area contributed by atoms with Gasteiger partial charge in [-0.3, -0.25) is 28.0 Å². The molecule has 20 heteroatoms. The number of unbranched alkanes of at least 4 members (excludes halogenated alkanes) is 16. The second kappa shape index (κ2) is 42.3. The summed E-state index contributed by atoms with van der Waals surface area (Å²) in [4.78, 5) is 46.8. The molecule has 3 aliphatic rings. The van der Waals surface area contributed by atoms with Crippen LogP contribution in [-0.2, 0) is 85.2 Å². The van der Waals surface area contributed by atoms with Crippen molar-refractivity contribution >= 4 is 34.0 Å². The number of esters is 2. The van der Waals surface area contributed by atoms with E-state index in [4.69, 9.17) is 46.4 Å². The van der Waals surface area contributed by atoms with Crippen molar-refractivity contribution in [3.05, 3.63) is 81.7 Å². The molecule has 8 unspecified atom stereocenters. The number of fused-ring (bicyclic) bond motifs is 1. The molecule has 0 spiro atoms. The average Bonchev–Trinajstić information content (AvgIpc) is 0.839. The fourth-order valence-electron chi connectivity index (χ4n) is 12.6. The Kier molecular flexibility index (Phi) is 36.4. The van der Waals surface area contributed by atoms with Gasteiger partial charge < -0.3 is 38.2 Å². The molecule has 534 valence electrons. The molecular weight excluding hydrogens is 1230 g/mol. The monoisotopic (exact) mass is 1350 g/mol. The summed E-state index contributed by atoms with van der Waals surface area (Å²) in [7, 11) is -7.02. The zero-order chi connectivity index (χ0) is 68.7. The van der Waals surface area contributed by atoms with Crippen molar-refractivity contribution in [2.24, 2.45) is 40.6 Å². The number of rotatable bonds is 44. The number of nitrogens with zero attached hydrogens (tertiary/aromatic N) is 3. The van der Waals surface area contributed by atoms with Gasteiger partial charge in [0.1, 0.15) is 30.5 Å². The van der Waals surface area contributed by atoms with Crippen LogP contribution < -0.4 is 5.32 Å². The number of carbonyl (C=O) groups is 3. The van der Waals surface area contributed by atoms with Gasteiger partial charge in [-0.1, -0.05) is 271 Å². The van der Waals surface area contributed by atoms with Gasteiger partial charge in [0.25, 0.3) is 0 Å². The number of hydrogen-bond donors (Lipinski definition) is 1. The maximum atomic E-state index is 15.1. The second-order valence-electron chi connectivity index (χ2n) is 29.3. The Morgan fingerprint density at radius 3 is 1.77 bits per heavy atom. The lowest BCUT2D eigenvalue weighted by Gasteiger charge is -2.49. The van der Waals surface area contributed by atoms with Crippen LogP contribution in [0.5, 0.6) is 0 Å². The van der Waals surface area contributed by atoms with E-state index in [0.29, 0.717) is 6.42 Å². The first-order valence-corrected chi connectivity index (χ1v) is 40.9. The Bertz CT molecular complexity index is 2560. The molecule has 2 aromatic rings. The molecule has 0 saturated carbocycles. The maximum absolute atomic E-state index is 15.1. The summed E-state index contributed by atoms with van der Waals surface area (Å²) in [5.74, 6) is -2.63. The first-order valence-electron chi connectivity index (χ1n) is 36.5. The standard InChI is InChI=1S/C74H125N4O14PSi/c1-15-18-21-24-26-29-32-39-53(4)56(7)46-66(80)90-70-57(8)63(88-73(68(70)77-78-75)92-94(13,14)74(10,11)12)52-84-72-67(76-65(79)47-62(54(5)40-33-30-27-25-22-19-16-2)87-71(81)55(6)41-34-28-23-20-17-3)58(9)69(64(89-72)51-83-48-59-42-35-31-36-43-59)91-93(82)85-49-60-44-37-38-45-61(60)50-86-93/h31,35-38,42-45,53-58,62-64,67-70,72-73H,15-30,32-34,39-41,46-52H2,1-14H3,(H,76,79)/t53?,54?,55?,56-,57+,58+,62-,63?,64?,67?,68?,69-,70-,72+,73?/m0/s1. The minimum absolute atomic E-state index is 0.0287. The summed E-state index contributed by atoms with van der Waals surface area (Å²) < 4.78 is 81.0. The number of azide groups is 1. The van der Waals surface area contributed by atoms with Gasteiger partial charge in [-0.15, -0.1) is 0 Å². The summed E-state index contributed by atoms with van der Waals surface area (Å²) in [6.45, 7) is 29.1. The van der Waals surface area contributed by atoms with Gasteiger partial charge in [-0.2, -0.15) is 0 Å². The molecular formula is C74H125N4O14PSi. The smallest absolute Gasteiger partial charge is 0.461 e. The molecule has 1 N–H and O–H groups in total. The number of nitrogens with one attached hydrogen (secondary N) is 1. The van der Waals surface area contributed by atoms with Crippen LogP contribution >= 0.6 is 7.82 Å². The molecule has 0 aliphatic carbocycles. The van der Waals surface area contributed by atoms with Gasteiger partial charge >= 0.3 is 19.8 Å². The minimum atomic E-state index is -4.34. The number of phosphoric ester groups is 1. The van der Waals surface area contributed by atoms with Crippen molar-refractivity contribution in [3.63, 3.8) is 0 Å². The largest absolute Gasteiger partial charge is 0.475 e. The van der Waals surface area contributed by atoms with Crippen LogP contribution in [0.3, 0.4) is 0 Å². The minimum Gasteiger partial charge on any atom is -0.461 e. The Morgan fingerprint density at radius 1 is 0.670 bits per heavy atom. The lowest BCUT2D eigenvalue weighted by molar-refractivity contribution is -0.282. The molecule has 3 aliphatic heterocycles. The quantitative estimate of drug-likeness (QED) is 0.0124. The van der Waals surface area contributed by atoms with E-state index in [9.17, 15) is 19.7 Å². The molecule has 94 heavy (non-hydrogen) atoms. The topological polar surface area (TPSA) is 221 Å². The van der Waals surface area contributed by atoms with Gasteiger partial charge in [-0.05, 0) is 70.9 Å². The zero-order valence-electron chi connectivity index (χ0n) is 60.4. The second-order valence-corrected chi connectivity index (χ2v) is 35.7. The summed E-state index contributed by atoms with van der Waals surface area (Å²) in [6, 6.07) is 15.2. The van der Waals surface area contributed by atoms with Crippen LogP contribution in [0.25, 0.3) is 10.4 Å². The van der Waals surface area contributed by atoms with Crippen molar-refractivity contribution in [2.75, 3.05) is 13.2 Å². The SMILES string of the molecule is CCCCCCCCCC(C)[C@H](CC(=O)NC1[C@H](OCC2OC(O[Si](C)(C)C(C)(C)C)C(N=[N+]=[N-])[C@@H](OC(=O)C[C@H](C)C(C)CCCCCCCCC)[C@@H]2C)OC(COCc2ccccc2)[C@@H](OP2(=O)OCc3ccccc3CO2)[C@@H]1C)OC(=O)C(C)CCCCCCC. The Balaban J connectivity index is 1.50. The highest BCUT2D eigenvalue weighted by Crippen LogP contribution is 2.56. The van der Waals surface area contributed by atoms with Crippen LogP contribution in [0.1, 0.15) is 254 Å². The third-order valence-electron chi connectivity index (χ3n) is 20.4. The van der Waals surface area contributed by atoms with E-state index in [-0.39, 0.29) is 80.6 Å². The normalized spacial score (nSPS) is 24.7. The lowest BCUT2D eigenvalue weighted by atomic mass is 9.87. The van der Waals surface area contributed by atoms with Crippen molar-refractivity contribution in [3.8, 4) is 0 Å². The highest BCUT2D eigenvalue weighted by atomic mass is 31.2. The highest BCUT2D eigenvalue weighted by molar-refractivity contribution is 7.48. The number of phosphoric acid groups is 1. The molecule has 5 rings (SSSR count). The Hall–Kier alpha value is -3.71. The number of amides is 1. The highest BCUT2D eigenvalue weighted by Gasteiger charge is 2.53. The molecule has 0 bridgehead atoms. The molecule has 15 atom stereocenters. The molecule has 0 radical (unpaired) electrons. The molecule has 1 amide bonds. The number of carbonyl (C=O) groups excluding carboxylic acids is 3. The summed E-state index contributed by atoms with van der Waals surface area (Å²) in [5.41, 5.74) is 12.7. The van der Waals surface area contributed by atoms with E-state index < -0.39 is 95.0 Å². The predicted octanol–water partition coefficient (Wildman–Crippen LogP) is 19.2. The lowest BCUT2D eigenvalue weighted by Crippen LogP contribution is -2.63. The maximum Gasteiger partial charge on any atom is 0.475 e. The van der Waals surface area contributed by atoms with Crippen molar-refractivity contribution in [1.29, 1.82) is 0 Å². The molecule has 2 saturated heterocycles. The van der Waals surface area contributed by atoms with Gasteiger partial charge in [0.2, 0.25) is 5.91 Å². The van der Waals surface area contributed by atoms with Crippen molar-refractivity contribution < 1.29 is 65.4 Å². The fraction of sp³-hybridized carbons (Fsp3) is 0.797. The molecule has 2 fully saturated rings. The van der Waals surface area contributed by atoms with Crippen LogP contribution in [0.15, 0.2) is 59.7 Å². The van der Waals surface area contributed by atoms with Crippen LogP contribution in [0.2, 0.25) is 18.1 Å². The summed E-state index contributed by atoms with van der Waals surface area (Å²) in [5, 5.41) is 7.25. The summed E-state index contributed by atoms with van der Waals surface area (Å²) in [6.07, 6.45) is 17.3. The molecule has 3 heterocycles. The third kappa shape index (κ3) is 27.2. The van der Waals surface area contributed by atoms with Crippen molar-refractivity contribution in [1.82, 2.24) is 5.32 Å². The zero-order valence-corrected chi connectivity index (χ0v) is 62.3. The van der Waals surface area contributed by atoms with Gasteiger partial charge in [0.05, 0.1) is 57.5 Å². The average molecular weight is 1350 g/mol. The van der Waals surface area contributed by atoms with E-state index in [0.717, 1.165) is 87.3 Å². The summed E-state index contributed by atoms with van der Waals surface area (Å²) >= 11 is 0. The first-order chi connectivity index (χ1) is 44.9. The van der Waals surface area contributed by atoms with Crippen LogP contribution in [-0.4, -0.2) is 94.6 Å². The van der Waals surface area contributed by atoms with E-state index in [1.165, 1.54) is 64.2 Å². The number of benzene rings is 2. The van der Waals surface area contributed by atoms with E-state index in [2.05, 4.69) is 90.8 Å². The van der Waals surface area contributed by atoms with E-state index in [1.807, 2.05) is 75.4 Å². The molecule has 0 aromatic heterocycles.